The lowest BCUT2D eigenvalue weighted by Gasteiger charge is -2.17. The maximum atomic E-state index is 12.1. The molecule has 18 heavy (non-hydrogen) atoms. The highest BCUT2D eigenvalue weighted by Gasteiger charge is 2.22. The molecule has 110 valence electrons. The van der Waals surface area contributed by atoms with Crippen molar-refractivity contribution >= 4 is 7.60 Å². The molecule has 0 aromatic rings. The van der Waals surface area contributed by atoms with Crippen LogP contribution in [0.25, 0.3) is 0 Å². The van der Waals surface area contributed by atoms with Crippen LogP contribution < -0.4 is 5.32 Å². The first-order chi connectivity index (χ1) is 8.68. The summed E-state index contributed by atoms with van der Waals surface area (Å²) >= 11 is 0. The Hall–Kier alpha value is 0.0700. The largest absolute Gasteiger partial charge is 0.396 e. The number of hydrogen-bond donors (Lipinski definition) is 2. The van der Waals surface area contributed by atoms with E-state index in [0.717, 1.165) is 32.2 Å². The molecule has 0 heterocycles. The second kappa shape index (κ2) is 12.1. The van der Waals surface area contributed by atoms with E-state index in [0.29, 0.717) is 25.9 Å². The highest BCUT2D eigenvalue weighted by molar-refractivity contribution is 7.53. The average molecular weight is 281 g/mol. The highest BCUT2D eigenvalue weighted by Crippen LogP contribution is 2.47. The van der Waals surface area contributed by atoms with Gasteiger partial charge in [0.15, 0.2) is 0 Å². The minimum atomic E-state index is -2.88. The molecule has 0 aliphatic carbocycles. The SMILES string of the molecule is CCOP(=O)(CCNCCCCCCO)OCC. The zero-order valence-electron chi connectivity index (χ0n) is 11.7. The van der Waals surface area contributed by atoms with Crippen LogP contribution in [0.15, 0.2) is 0 Å². The summed E-state index contributed by atoms with van der Waals surface area (Å²) in [6.07, 6.45) is 4.56. The quantitative estimate of drug-likeness (QED) is 0.401. The van der Waals surface area contributed by atoms with Gasteiger partial charge in [-0.1, -0.05) is 12.8 Å². The second-order valence-electron chi connectivity index (χ2n) is 4.06. The number of unbranched alkanes of at least 4 members (excludes halogenated alkanes) is 3. The predicted octanol–water partition coefficient (Wildman–Crippen LogP) is 2.39. The van der Waals surface area contributed by atoms with Crippen molar-refractivity contribution in [3.63, 3.8) is 0 Å². The fourth-order valence-electron chi connectivity index (χ4n) is 1.62. The predicted molar refractivity (Wildman–Crippen MR) is 74.1 cm³/mol. The van der Waals surface area contributed by atoms with Gasteiger partial charge in [0.05, 0.1) is 19.4 Å². The molecule has 0 aliphatic heterocycles. The lowest BCUT2D eigenvalue weighted by Crippen LogP contribution is -2.20. The minimum Gasteiger partial charge on any atom is -0.396 e. The van der Waals surface area contributed by atoms with Crippen LogP contribution in [0.4, 0.5) is 0 Å². The Kier molecular flexibility index (Phi) is 12.2. The molecule has 5 nitrogen and oxygen atoms in total. The Morgan fingerprint density at radius 1 is 1.00 bits per heavy atom. The van der Waals surface area contributed by atoms with E-state index in [-0.39, 0.29) is 6.61 Å². The van der Waals surface area contributed by atoms with Gasteiger partial charge in [-0.2, -0.15) is 0 Å². The number of aliphatic hydroxyl groups is 1. The number of hydrogen-bond acceptors (Lipinski definition) is 5. The van der Waals surface area contributed by atoms with Gasteiger partial charge in [-0.25, -0.2) is 0 Å². The summed E-state index contributed by atoms with van der Waals surface area (Å²) in [6, 6.07) is 0. The van der Waals surface area contributed by atoms with E-state index < -0.39 is 7.60 Å². The van der Waals surface area contributed by atoms with Crippen molar-refractivity contribution in [3.8, 4) is 0 Å². The van der Waals surface area contributed by atoms with Crippen molar-refractivity contribution < 1.29 is 18.7 Å². The molecule has 0 radical (unpaired) electrons. The van der Waals surface area contributed by atoms with Crippen molar-refractivity contribution in [2.45, 2.75) is 39.5 Å². The summed E-state index contributed by atoms with van der Waals surface area (Å²) in [6.45, 7) is 6.30. The Balaban J connectivity index is 3.52. The van der Waals surface area contributed by atoms with Gasteiger partial charge in [0.1, 0.15) is 0 Å². The van der Waals surface area contributed by atoms with E-state index in [2.05, 4.69) is 5.32 Å². The molecular weight excluding hydrogens is 253 g/mol. The molecule has 0 rings (SSSR count). The van der Waals surface area contributed by atoms with Crippen LogP contribution in [-0.2, 0) is 13.6 Å². The van der Waals surface area contributed by atoms with Crippen molar-refractivity contribution in [1.29, 1.82) is 0 Å². The summed E-state index contributed by atoms with van der Waals surface area (Å²) in [5, 5.41) is 11.9. The van der Waals surface area contributed by atoms with Gasteiger partial charge in [-0.05, 0) is 33.2 Å². The lowest BCUT2D eigenvalue weighted by molar-refractivity contribution is 0.220. The average Bonchev–Trinajstić information content (AvgIpc) is 2.33. The first kappa shape index (κ1) is 18.1. The minimum absolute atomic E-state index is 0.277. The molecule has 0 bridgehead atoms. The van der Waals surface area contributed by atoms with Crippen LogP contribution >= 0.6 is 7.60 Å². The van der Waals surface area contributed by atoms with E-state index in [1.54, 1.807) is 0 Å². The maximum Gasteiger partial charge on any atom is 0.331 e. The summed E-state index contributed by atoms with van der Waals surface area (Å²) in [5.74, 6) is 0. The Morgan fingerprint density at radius 2 is 1.61 bits per heavy atom. The molecule has 0 spiro atoms. The van der Waals surface area contributed by atoms with Crippen molar-refractivity contribution in [2.24, 2.45) is 0 Å². The molecule has 0 saturated carbocycles. The van der Waals surface area contributed by atoms with Gasteiger partial charge in [0.25, 0.3) is 0 Å². The fraction of sp³-hybridized carbons (Fsp3) is 1.00. The van der Waals surface area contributed by atoms with Crippen LogP contribution in [-0.4, -0.2) is 44.2 Å². The molecule has 0 unspecified atom stereocenters. The first-order valence-corrected chi connectivity index (χ1v) is 8.61. The summed E-state index contributed by atoms with van der Waals surface area (Å²) in [7, 11) is -2.88. The van der Waals surface area contributed by atoms with Crippen molar-refractivity contribution in [2.75, 3.05) is 39.1 Å². The van der Waals surface area contributed by atoms with Gasteiger partial charge in [0, 0.05) is 13.2 Å². The number of nitrogens with one attached hydrogen (secondary N) is 1. The van der Waals surface area contributed by atoms with Gasteiger partial charge in [-0.15, -0.1) is 0 Å². The highest BCUT2D eigenvalue weighted by atomic mass is 31.2. The van der Waals surface area contributed by atoms with Crippen molar-refractivity contribution in [3.05, 3.63) is 0 Å². The molecule has 6 heteroatoms. The van der Waals surface area contributed by atoms with E-state index in [9.17, 15) is 4.57 Å². The molecule has 0 aromatic carbocycles. The third-order valence-corrected chi connectivity index (χ3v) is 4.55. The van der Waals surface area contributed by atoms with Gasteiger partial charge in [-0.3, -0.25) is 4.57 Å². The fourth-order valence-corrected chi connectivity index (χ4v) is 3.17. The molecule has 0 aliphatic rings. The van der Waals surface area contributed by atoms with Gasteiger partial charge >= 0.3 is 7.60 Å². The summed E-state index contributed by atoms with van der Waals surface area (Å²) in [5.41, 5.74) is 0. The molecule has 0 amide bonds. The summed E-state index contributed by atoms with van der Waals surface area (Å²) in [4.78, 5) is 0. The van der Waals surface area contributed by atoms with Crippen molar-refractivity contribution in [1.82, 2.24) is 5.32 Å². The Labute approximate surface area is 111 Å². The van der Waals surface area contributed by atoms with E-state index in [1.807, 2.05) is 13.8 Å². The molecule has 0 fully saturated rings. The molecule has 0 atom stereocenters. The van der Waals surface area contributed by atoms with Crippen LogP contribution in [0.5, 0.6) is 0 Å². The monoisotopic (exact) mass is 281 g/mol. The van der Waals surface area contributed by atoms with E-state index >= 15 is 0 Å². The molecule has 0 saturated heterocycles. The number of aliphatic hydroxyl groups excluding tert-OH is 1. The second-order valence-corrected chi connectivity index (χ2v) is 6.24. The normalized spacial score (nSPS) is 11.9. The van der Waals surface area contributed by atoms with E-state index in [1.165, 1.54) is 0 Å². The third kappa shape index (κ3) is 10.0. The van der Waals surface area contributed by atoms with Crippen LogP contribution in [0.3, 0.4) is 0 Å². The Bertz CT molecular complexity index is 216. The van der Waals surface area contributed by atoms with E-state index in [4.69, 9.17) is 14.2 Å². The lowest BCUT2D eigenvalue weighted by atomic mass is 10.2. The van der Waals surface area contributed by atoms with Crippen LogP contribution in [0.2, 0.25) is 0 Å². The standard InChI is InChI=1S/C12H28NO4P/c1-3-16-18(15,17-4-2)12-10-13-9-7-5-6-8-11-14/h13-14H,3-12H2,1-2H3. The summed E-state index contributed by atoms with van der Waals surface area (Å²) < 4.78 is 22.5. The van der Waals surface area contributed by atoms with Gasteiger partial charge in [0.2, 0.25) is 0 Å². The topological polar surface area (TPSA) is 67.8 Å². The molecule has 0 aromatic heterocycles. The first-order valence-electron chi connectivity index (χ1n) is 6.88. The zero-order valence-corrected chi connectivity index (χ0v) is 12.6. The van der Waals surface area contributed by atoms with Crippen LogP contribution in [0.1, 0.15) is 39.5 Å². The maximum absolute atomic E-state index is 12.1. The van der Waals surface area contributed by atoms with Gasteiger partial charge < -0.3 is 19.5 Å². The molecule has 2 N–H and O–H groups in total. The zero-order chi connectivity index (χ0) is 13.7. The molecular formula is C12H28NO4P. The number of rotatable bonds is 13. The smallest absolute Gasteiger partial charge is 0.331 e. The van der Waals surface area contributed by atoms with Crippen LogP contribution in [0, 0.1) is 0 Å². The third-order valence-electron chi connectivity index (χ3n) is 2.48. The Morgan fingerprint density at radius 3 is 2.17 bits per heavy atom.